The van der Waals surface area contributed by atoms with Gasteiger partial charge in [-0.15, -0.1) is 0 Å². The van der Waals surface area contributed by atoms with E-state index in [4.69, 9.17) is 4.74 Å². The molecule has 1 heterocycles. The molecule has 1 aromatic heterocycles. The Morgan fingerprint density at radius 3 is 2.62 bits per heavy atom. The molecule has 134 valence electrons. The Morgan fingerprint density at radius 1 is 1.15 bits per heavy atom. The molecule has 2 aromatic carbocycles. The normalized spacial score (nSPS) is 11.9. The van der Waals surface area contributed by atoms with Crippen LogP contribution in [0.5, 0.6) is 5.75 Å². The molecule has 6 heteroatoms. The predicted octanol–water partition coefficient (Wildman–Crippen LogP) is 2.46. The van der Waals surface area contributed by atoms with Gasteiger partial charge in [-0.05, 0) is 29.8 Å². The number of carbonyl (C=O) groups is 2. The number of hydrogen-bond acceptors (Lipinski definition) is 3. The Labute approximate surface area is 151 Å². The second-order valence-corrected chi connectivity index (χ2v) is 6.02. The van der Waals surface area contributed by atoms with Gasteiger partial charge in [-0.25, -0.2) is 4.79 Å². The smallest absolute Gasteiger partial charge is 0.326 e. The highest BCUT2D eigenvalue weighted by Crippen LogP contribution is 2.21. The van der Waals surface area contributed by atoms with Crippen LogP contribution in [0.3, 0.4) is 0 Å². The Hall–Kier alpha value is -3.28. The number of hydrogen-bond donors (Lipinski definition) is 2. The first kappa shape index (κ1) is 17.5. The van der Waals surface area contributed by atoms with Crippen molar-refractivity contribution >= 4 is 22.8 Å². The lowest BCUT2D eigenvalue weighted by atomic mass is 10.1. The first-order valence-corrected chi connectivity index (χ1v) is 8.26. The molecular weight excluding hydrogens is 332 g/mol. The lowest BCUT2D eigenvalue weighted by Gasteiger charge is -2.15. The van der Waals surface area contributed by atoms with Crippen LogP contribution in [0, 0.1) is 0 Å². The molecular formula is C20H20N2O4. The number of benzene rings is 2. The third-order valence-corrected chi connectivity index (χ3v) is 4.21. The fraction of sp³-hybridized carbons (Fsp3) is 0.200. The molecule has 0 fully saturated rings. The van der Waals surface area contributed by atoms with E-state index in [1.54, 1.807) is 17.9 Å². The standard InChI is InChI=1S/C20H20N2O4/c1-26-16-7-8-18-15(12-16)9-10-22(18)13-19(23)21-17(20(24)25)11-14-5-3-2-4-6-14/h2-10,12,17H,11,13H2,1H3,(H,21,23)(H,24,25)/t17-/m0/s1. The van der Waals surface area contributed by atoms with Crippen molar-refractivity contribution in [3.05, 3.63) is 66.4 Å². The number of rotatable bonds is 7. The Kier molecular flexibility index (Phi) is 5.22. The monoisotopic (exact) mass is 352 g/mol. The van der Waals surface area contributed by atoms with E-state index < -0.39 is 12.0 Å². The summed E-state index contributed by atoms with van der Waals surface area (Å²) in [5, 5.41) is 13.0. The van der Waals surface area contributed by atoms with Gasteiger partial charge in [0.05, 0.1) is 7.11 Å². The fourth-order valence-corrected chi connectivity index (χ4v) is 2.89. The summed E-state index contributed by atoms with van der Waals surface area (Å²) in [6, 6.07) is 15.8. The SMILES string of the molecule is COc1ccc2c(ccn2CC(=O)N[C@@H](Cc2ccccc2)C(=O)O)c1. The Bertz CT molecular complexity index is 918. The summed E-state index contributed by atoms with van der Waals surface area (Å²) < 4.78 is 6.98. The molecule has 1 atom stereocenters. The quantitative estimate of drug-likeness (QED) is 0.684. The van der Waals surface area contributed by atoms with Crippen LogP contribution in [-0.4, -0.2) is 34.7 Å². The van der Waals surface area contributed by atoms with Crippen LogP contribution in [0.4, 0.5) is 0 Å². The molecule has 0 aliphatic heterocycles. The van der Waals surface area contributed by atoms with E-state index in [0.717, 1.165) is 22.2 Å². The number of carboxylic acids is 1. The topological polar surface area (TPSA) is 80.6 Å². The van der Waals surface area contributed by atoms with E-state index in [1.807, 2.05) is 54.6 Å². The minimum absolute atomic E-state index is 0.0500. The average molecular weight is 352 g/mol. The van der Waals surface area contributed by atoms with Crippen LogP contribution in [0.1, 0.15) is 5.56 Å². The number of methoxy groups -OCH3 is 1. The van der Waals surface area contributed by atoms with Crippen molar-refractivity contribution in [3.8, 4) is 5.75 Å². The molecule has 0 aliphatic carbocycles. The number of carbonyl (C=O) groups excluding carboxylic acids is 1. The Morgan fingerprint density at radius 2 is 1.92 bits per heavy atom. The van der Waals surface area contributed by atoms with Crippen molar-refractivity contribution in [2.75, 3.05) is 7.11 Å². The van der Waals surface area contributed by atoms with Crippen molar-refractivity contribution in [1.29, 1.82) is 0 Å². The molecule has 0 radical (unpaired) electrons. The molecule has 3 rings (SSSR count). The van der Waals surface area contributed by atoms with Crippen molar-refractivity contribution in [3.63, 3.8) is 0 Å². The number of fused-ring (bicyclic) bond motifs is 1. The van der Waals surface area contributed by atoms with Gasteiger partial charge < -0.3 is 19.7 Å². The van der Waals surface area contributed by atoms with E-state index in [-0.39, 0.29) is 18.9 Å². The first-order valence-electron chi connectivity index (χ1n) is 8.26. The van der Waals surface area contributed by atoms with Crippen LogP contribution in [0.25, 0.3) is 10.9 Å². The molecule has 3 aromatic rings. The van der Waals surface area contributed by atoms with Crippen LogP contribution >= 0.6 is 0 Å². The number of nitrogens with one attached hydrogen (secondary N) is 1. The zero-order valence-corrected chi connectivity index (χ0v) is 14.4. The highest BCUT2D eigenvalue weighted by molar-refractivity contribution is 5.86. The summed E-state index contributed by atoms with van der Waals surface area (Å²) in [4.78, 5) is 23.9. The molecule has 0 unspecified atom stereocenters. The van der Waals surface area contributed by atoms with E-state index in [2.05, 4.69) is 5.32 Å². The van der Waals surface area contributed by atoms with E-state index in [1.165, 1.54) is 0 Å². The number of ether oxygens (including phenoxy) is 1. The van der Waals surface area contributed by atoms with Gasteiger partial charge in [0.1, 0.15) is 18.3 Å². The summed E-state index contributed by atoms with van der Waals surface area (Å²) in [5.74, 6) is -0.653. The van der Waals surface area contributed by atoms with Crippen LogP contribution < -0.4 is 10.1 Å². The maximum atomic E-state index is 12.4. The molecule has 0 bridgehead atoms. The molecule has 0 aliphatic rings. The largest absolute Gasteiger partial charge is 0.497 e. The summed E-state index contributed by atoms with van der Waals surface area (Å²) in [7, 11) is 1.60. The zero-order valence-electron chi connectivity index (χ0n) is 14.4. The number of nitrogens with zero attached hydrogens (tertiary/aromatic N) is 1. The van der Waals surface area contributed by atoms with Gasteiger partial charge in [0.25, 0.3) is 0 Å². The van der Waals surface area contributed by atoms with Crippen molar-refractivity contribution in [2.24, 2.45) is 0 Å². The Balaban J connectivity index is 1.69. The molecule has 2 N–H and O–H groups in total. The van der Waals surface area contributed by atoms with E-state index in [0.29, 0.717) is 0 Å². The van der Waals surface area contributed by atoms with Gasteiger partial charge in [0.15, 0.2) is 0 Å². The second-order valence-electron chi connectivity index (χ2n) is 6.02. The average Bonchev–Trinajstić information content (AvgIpc) is 3.03. The molecule has 0 saturated carbocycles. The molecule has 6 nitrogen and oxygen atoms in total. The number of amides is 1. The van der Waals surface area contributed by atoms with Crippen molar-refractivity contribution in [2.45, 2.75) is 19.0 Å². The minimum atomic E-state index is -1.05. The highest BCUT2D eigenvalue weighted by atomic mass is 16.5. The van der Waals surface area contributed by atoms with Crippen molar-refractivity contribution in [1.82, 2.24) is 9.88 Å². The minimum Gasteiger partial charge on any atom is -0.497 e. The summed E-state index contributed by atoms with van der Waals surface area (Å²) in [6.07, 6.45) is 2.04. The van der Waals surface area contributed by atoms with Gasteiger partial charge in [0, 0.05) is 23.5 Å². The first-order chi connectivity index (χ1) is 12.6. The summed E-state index contributed by atoms with van der Waals surface area (Å²) in [6.45, 7) is 0.0500. The third-order valence-electron chi connectivity index (χ3n) is 4.21. The summed E-state index contributed by atoms with van der Waals surface area (Å²) >= 11 is 0. The second kappa shape index (κ2) is 7.74. The van der Waals surface area contributed by atoms with E-state index >= 15 is 0 Å². The zero-order chi connectivity index (χ0) is 18.5. The molecule has 0 saturated heterocycles. The lowest BCUT2D eigenvalue weighted by Crippen LogP contribution is -2.43. The van der Waals surface area contributed by atoms with Gasteiger partial charge in [-0.1, -0.05) is 30.3 Å². The van der Waals surface area contributed by atoms with Crippen LogP contribution in [0.2, 0.25) is 0 Å². The lowest BCUT2D eigenvalue weighted by molar-refractivity contribution is -0.141. The van der Waals surface area contributed by atoms with Crippen LogP contribution in [0.15, 0.2) is 60.8 Å². The maximum absolute atomic E-state index is 12.4. The third kappa shape index (κ3) is 4.03. The number of aromatic nitrogens is 1. The van der Waals surface area contributed by atoms with E-state index in [9.17, 15) is 14.7 Å². The maximum Gasteiger partial charge on any atom is 0.326 e. The van der Waals surface area contributed by atoms with Gasteiger partial charge in [-0.2, -0.15) is 0 Å². The number of aliphatic carboxylic acids is 1. The summed E-state index contributed by atoms with van der Waals surface area (Å²) in [5.41, 5.74) is 1.74. The highest BCUT2D eigenvalue weighted by Gasteiger charge is 2.20. The fourth-order valence-electron chi connectivity index (χ4n) is 2.89. The molecule has 0 spiro atoms. The van der Waals surface area contributed by atoms with Crippen LogP contribution in [-0.2, 0) is 22.6 Å². The predicted molar refractivity (Wildman–Crippen MR) is 98.2 cm³/mol. The molecule has 26 heavy (non-hydrogen) atoms. The van der Waals surface area contributed by atoms with Gasteiger partial charge in [0.2, 0.25) is 5.91 Å². The van der Waals surface area contributed by atoms with Gasteiger partial charge in [-0.3, -0.25) is 4.79 Å². The number of carboxylic acid groups (broad SMARTS) is 1. The van der Waals surface area contributed by atoms with Gasteiger partial charge >= 0.3 is 5.97 Å². The van der Waals surface area contributed by atoms with Crippen molar-refractivity contribution < 1.29 is 19.4 Å². The molecule has 1 amide bonds.